The van der Waals surface area contributed by atoms with E-state index >= 15 is 0 Å². The number of piperidine rings is 1. The van der Waals surface area contributed by atoms with Gasteiger partial charge in [0.25, 0.3) is 0 Å². The number of rotatable bonds is 6. The number of fused-ring (bicyclic) bond motifs is 5. The minimum absolute atomic E-state index is 0.114. The van der Waals surface area contributed by atoms with Gasteiger partial charge in [0.1, 0.15) is 0 Å². The fraction of sp³-hybridized carbons (Fsp3) is 0.969. The molecule has 1 saturated heterocycles. The monoisotopic (exact) mass is 517 g/mol. The van der Waals surface area contributed by atoms with Crippen LogP contribution in [0.4, 0.5) is 4.79 Å². The van der Waals surface area contributed by atoms with Crippen LogP contribution in [-0.2, 0) is 4.74 Å². The summed E-state index contributed by atoms with van der Waals surface area (Å²) >= 11 is 0. The molecule has 0 aromatic carbocycles. The number of carbonyl (C=O) groups is 1. The molecule has 11 atom stereocenters. The molecule has 0 spiro atoms. The second kappa shape index (κ2) is 11.0. The molecule has 4 saturated carbocycles. The molecule has 5 nitrogen and oxygen atoms in total. The van der Waals surface area contributed by atoms with Gasteiger partial charge in [-0.2, -0.15) is 0 Å². The summed E-state index contributed by atoms with van der Waals surface area (Å²) in [6, 6.07) is 0. The standard InChI is InChI=1S/C32H55NO4/c1-5-23-27-20-22(34)13-15-32(27,4)26-14-16-31(3)24(11-12-25(31)28(26)29(23)35)21(2)10-9-19-37-30(36)33-17-7-6-8-18-33/h21-29,34-35H,5-20H2,1-4H3/t21-,22-,23-,24-,25+,26+,27+,28+,29-,31-,32-/m1/s1. The minimum atomic E-state index is -0.216. The van der Waals surface area contributed by atoms with Gasteiger partial charge in [0.05, 0.1) is 18.8 Å². The average molecular weight is 518 g/mol. The summed E-state index contributed by atoms with van der Waals surface area (Å²) in [6.07, 6.45) is 14.0. The maximum atomic E-state index is 12.4. The first-order valence-corrected chi connectivity index (χ1v) is 16.0. The Morgan fingerprint density at radius 3 is 2.41 bits per heavy atom. The normalized spacial score (nSPS) is 46.5. The molecular formula is C32H55NO4. The van der Waals surface area contributed by atoms with Crippen molar-refractivity contribution in [3.05, 3.63) is 0 Å². The van der Waals surface area contributed by atoms with Gasteiger partial charge in [-0.15, -0.1) is 0 Å². The molecular weight excluding hydrogens is 462 g/mol. The molecule has 1 heterocycles. The van der Waals surface area contributed by atoms with Gasteiger partial charge in [0.15, 0.2) is 0 Å². The van der Waals surface area contributed by atoms with Gasteiger partial charge >= 0.3 is 6.09 Å². The van der Waals surface area contributed by atoms with Gasteiger partial charge in [-0.25, -0.2) is 4.79 Å². The summed E-state index contributed by atoms with van der Waals surface area (Å²) < 4.78 is 5.64. The van der Waals surface area contributed by atoms with Crippen molar-refractivity contribution in [3.8, 4) is 0 Å². The van der Waals surface area contributed by atoms with E-state index in [2.05, 4.69) is 27.7 Å². The van der Waals surface area contributed by atoms with Crippen LogP contribution in [0.25, 0.3) is 0 Å². The van der Waals surface area contributed by atoms with Crippen molar-refractivity contribution in [2.45, 2.75) is 123 Å². The van der Waals surface area contributed by atoms with E-state index in [-0.39, 0.29) is 23.7 Å². The zero-order valence-corrected chi connectivity index (χ0v) is 24.2. The molecule has 5 rings (SSSR count). The second-order valence-electron chi connectivity index (χ2n) is 14.4. The number of likely N-dealkylation sites (tertiary alicyclic amines) is 1. The Balaban J connectivity index is 1.22. The fourth-order valence-corrected chi connectivity index (χ4v) is 10.9. The van der Waals surface area contributed by atoms with Crippen molar-refractivity contribution in [2.24, 2.45) is 52.3 Å². The molecule has 1 amide bonds. The van der Waals surface area contributed by atoms with Crippen LogP contribution in [0, 0.1) is 52.3 Å². The summed E-state index contributed by atoms with van der Waals surface area (Å²) in [7, 11) is 0. The highest BCUT2D eigenvalue weighted by Crippen LogP contribution is 2.69. The molecule has 5 heteroatoms. The van der Waals surface area contributed by atoms with E-state index in [1.54, 1.807) is 0 Å². The highest BCUT2D eigenvalue weighted by Gasteiger charge is 2.64. The quantitative estimate of drug-likeness (QED) is 0.387. The number of amides is 1. The third kappa shape index (κ3) is 4.87. The number of nitrogens with zero attached hydrogens (tertiary/aromatic N) is 1. The van der Waals surface area contributed by atoms with Crippen LogP contribution >= 0.6 is 0 Å². The maximum Gasteiger partial charge on any atom is 0.409 e. The predicted octanol–water partition coefficient (Wildman–Crippen LogP) is 6.65. The van der Waals surface area contributed by atoms with E-state index in [1.807, 2.05) is 4.90 Å². The summed E-state index contributed by atoms with van der Waals surface area (Å²) in [5.74, 6) is 3.75. The van der Waals surface area contributed by atoms with Crippen LogP contribution in [0.5, 0.6) is 0 Å². The molecule has 0 unspecified atom stereocenters. The van der Waals surface area contributed by atoms with Crippen molar-refractivity contribution < 1.29 is 19.7 Å². The lowest BCUT2D eigenvalue weighted by Crippen LogP contribution is -2.62. The van der Waals surface area contributed by atoms with Crippen molar-refractivity contribution in [1.29, 1.82) is 0 Å². The highest BCUT2D eigenvalue weighted by molar-refractivity contribution is 5.67. The van der Waals surface area contributed by atoms with Crippen LogP contribution in [0.15, 0.2) is 0 Å². The van der Waals surface area contributed by atoms with Gasteiger partial charge in [-0.05, 0) is 129 Å². The minimum Gasteiger partial charge on any atom is -0.449 e. The van der Waals surface area contributed by atoms with Crippen molar-refractivity contribution in [3.63, 3.8) is 0 Å². The summed E-state index contributed by atoms with van der Waals surface area (Å²) in [5, 5.41) is 22.4. The first kappa shape index (κ1) is 27.7. The average Bonchev–Trinajstić information content (AvgIpc) is 3.25. The molecule has 1 aliphatic heterocycles. The Labute approximate surface area is 226 Å². The van der Waals surface area contributed by atoms with Crippen molar-refractivity contribution >= 4 is 6.09 Å². The lowest BCUT2D eigenvalue weighted by atomic mass is 9.41. The van der Waals surface area contributed by atoms with Crippen LogP contribution in [0.1, 0.15) is 111 Å². The Kier molecular flexibility index (Phi) is 8.24. The van der Waals surface area contributed by atoms with Crippen LogP contribution in [0.2, 0.25) is 0 Å². The fourth-order valence-electron chi connectivity index (χ4n) is 10.9. The van der Waals surface area contributed by atoms with Gasteiger partial charge < -0.3 is 19.8 Å². The van der Waals surface area contributed by atoms with Crippen molar-refractivity contribution in [1.82, 2.24) is 4.90 Å². The Morgan fingerprint density at radius 2 is 1.68 bits per heavy atom. The predicted molar refractivity (Wildman–Crippen MR) is 147 cm³/mol. The molecule has 5 fully saturated rings. The molecule has 5 aliphatic rings. The van der Waals surface area contributed by atoms with E-state index in [9.17, 15) is 15.0 Å². The molecule has 0 bridgehead atoms. The van der Waals surface area contributed by atoms with Gasteiger partial charge in [-0.1, -0.05) is 34.1 Å². The number of aliphatic hydroxyl groups excluding tert-OH is 2. The molecule has 212 valence electrons. The molecule has 0 radical (unpaired) electrons. The van der Waals surface area contributed by atoms with Crippen LogP contribution in [-0.4, -0.2) is 53.1 Å². The number of ether oxygens (including phenoxy) is 1. The third-order valence-electron chi connectivity index (χ3n) is 12.8. The zero-order chi connectivity index (χ0) is 26.4. The number of hydrogen-bond acceptors (Lipinski definition) is 4. The SMILES string of the molecule is CC[C@H]1[C@@H](O)[C@@H]2[C@H](CC[C@]3(C)[C@@H]([C@H](C)CCCOC(=O)N4CCCCC4)CC[C@@H]23)[C@@]2(C)CC[C@@H](O)C[C@@H]12. The van der Waals surface area contributed by atoms with Gasteiger partial charge in [0.2, 0.25) is 0 Å². The van der Waals surface area contributed by atoms with E-state index in [1.165, 1.54) is 32.1 Å². The summed E-state index contributed by atoms with van der Waals surface area (Å²) in [6.45, 7) is 12.0. The smallest absolute Gasteiger partial charge is 0.409 e. The largest absolute Gasteiger partial charge is 0.449 e. The van der Waals surface area contributed by atoms with Crippen LogP contribution < -0.4 is 0 Å². The Bertz CT molecular complexity index is 798. The topological polar surface area (TPSA) is 70.0 Å². The first-order chi connectivity index (χ1) is 17.7. The van der Waals surface area contributed by atoms with E-state index in [4.69, 9.17) is 4.74 Å². The number of aliphatic hydroxyl groups is 2. The lowest BCUT2D eigenvalue weighted by molar-refractivity contribution is -0.203. The van der Waals surface area contributed by atoms with E-state index in [0.717, 1.165) is 64.5 Å². The summed E-state index contributed by atoms with van der Waals surface area (Å²) in [4.78, 5) is 14.2. The lowest BCUT2D eigenvalue weighted by Gasteiger charge is -2.64. The number of hydrogen-bond donors (Lipinski definition) is 2. The highest BCUT2D eigenvalue weighted by atomic mass is 16.6. The maximum absolute atomic E-state index is 12.4. The molecule has 4 aliphatic carbocycles. The van der Waals surface area contributed by atoms with Gasteiger partial charge in [0, 0.05) is 13.1 Å². The summed E-state index contributed by atoms with van der Waals surface area (Å²) in [5.41, 5.74) is 0.578. The van der Waals surface area contributed by atoms with E-state index in [0.29, 0.717) is 53.4 Å². The zero-order valence-electron chi connectivity index (χ0n) is 24.2. The molecule has 37 heavy (non-hydrogen) atoms. The molecule has 2 N–H and O–H groups in total. The molecule has 0 aromatic rings. The Hall–Kier alpha value is -0.810. The third-order valence-corrected chi connectivity index (χ3v) is 12.8. The van der Waals surface area contributed by atoms with Crippen LogP contribution in [0.3, 0.4) is 0 Å². The van der Waals surface area contributed by atoms with Gasteiger partial charge in [-0.3, -0.25) is 0 Å². The molecule has 0 aromatic heterocycles. The van der Waals surface area contributed by atoms with Crippen molar-refractivity contribution in [2.75, 3.05) is 19.7 Å². The second-order valence-corrected chi connectivity index (χ2v) is 14.4. The van der Waals surface area contributed by atoms with E-state index < -0.39 is 0 Å². The number of carbonyl (C=O) groups excluding carboxylic acids is 1. The Morgan fingerprint density at radius 1 is 0.973 bits per heavy atom. The first-order valence-electron chi connectivity index (χ1n) is 16.0.